The van der Waals surface area contributed by atoms with Crippen LogP contribution in [0.4, 0.5) is 5.69 Å². The Bertz CT molecular complexity index is 2710. The fourth-order valence-electron chi connectivity index (χ4n) is 9.67. The standard InChI is InChI=1S/C53H64ClN7O7S/c1-32(34-17-19-35(20-18-34)44-33(2)57-31-69-44)58-46(64)42-26-38(62)29-61(42)48(66)45(51(3,4)5)59-43(63)30-67-25-15-13-12-14-16-37-22-21-36(28-56-37)47(65)60(11)49-52(6,7)50(53(49,8)9)68-39-23-24-41(55-10)40(54)27-39/h17-24,27-28,31-32,38,42,45,49-50,62H,12-13,15,25-26,29-30H2,1-9,11H3,(H,58,64)(H,59,63)/t32-,38+,42-,45+,49?,50?/m0/s1/i11D3. The van der Waals surface area contributed by atoms with Gasteiger partial charge in [0.2, 0.25) is 23.4 Å². The van der Waals surface area contributed by atoms with Crippen LogP contribution in [0.25, 0.3) is 15.3 Å². The lowest BCUT2D eigenvalue weighted by Gasteiger charge is -2.65. The maximum Gasteiger partial charge on any atom is 0.255 e. The van der Waals surface area contributed by atoms with Crippen LogP contribution in [0.5, 0.6) is 5.75 Å². The molecule has 1 saturated carbocycles. The Kier molecular flexibility index (Phi) is 15.3. The molecule has 0 unspecified atom stereocenters. The number of carbonyl (C=O) groups is 4. The van der Waals surface area contributed by atoms with E-state index in [4.69, 9.17) is 31.8 Å². The number of hydrogen-bond donors (Lipinski definition) is 3. The van der Waals surface area contributed by atoms with Gasteiger partial charge in [0.1, 0.15) is 36.2 Å². The molecule has 2 fully saturated rings. The lowest BCUT2D eigenvalue weighted by molar-refractivity contribution is -0.195. The summed E-state index contributed by atoms with van der Waals surface area (Å²) in [5.74, 6) is 4.42. The highest BCUT2D eigenvalue weighted by Gasteiger charge is 2.65. The van der Waals surface area contributed by atoms with Crippen LogP contribution in [0.1, 0.15) is 119 Å². The number of unbranched alkanes of at least 4 members (excludes halogenated alkanes) is 2. The number of amides is 4. The lowest BCUT2D eigenvalue weighted by atomic mass is 9.49. The van der Waals surface area contributed by atoms with Gasteiger partial charge in [0.05, 0.1) is 45.4 Å². The minimum Gasteiger partial charge on any atom is -0.489 e. The van der Waals surface area contributed by atoms with Gasteiger partial charge in [0.15, 0.2) is 0 Å². The normalized spacial score (nSPS) is 20.8. The van der Waals surface area contributed by atoms with E-state index in [2.05, 4.69) is 37.3 Å². The van der Waals surface area contributed by atoms with Crippen molar-refractivity contribution in [1.29, 1.82) is 0 Å². The number of hydrogen-bond acceptors (Lipinski definition) is 10. The zero-order chi connectivity index (χ0) is 52.9. The number of aryl methyl sites for hydroxylation is 1. The molecule has 69 heavy (non-hydrogen) atoms. The average Bonchev–Trinajstić information content (AvgIpc) is 3.93. The van der Waals surface area contributed by atoms with Gasteiger partial charge in [0, 0.05) is 60.2 Å². The second-order valence-electron chi connectivity index (χ2n) is 20.1. The van der Waals surface area contributed by atoms with Crippen molar-refractivity contribution in [3.05, 3.63) is 105 Å². The molecule has 1 aliphatic carbocycles. The van der Waals surface area contributed by atoms with Gasteiger partial charge in [-0.2, -0.15) is 0 Å². The largest absolute Gasteiger partial charge is 0.489 e. The zero-order valence-electron chi connectivity index (χ0n) is 43.7. The van der Waals surface area contributed by atoms with Crippen LogP contribution in [0.3, 0.4) is 0 Å². The highest BCUT2D eigenvalue weighted by Crippen LogP contribution is 2.58. The number of thiazole rings is 1. The predicted molar refractivity (Wildman–Crippen MR) is 268 cm³/mol. The molecule has 2 aromatic carbocycles. The summed E-state index contributed by atoms with van der Waals surface area (Å²) in [4.78, 5) is 70.3. The third-order valence-electron chi connectivity index (χ3n) is 12.9. The Morgan fingerprint density at radius 2 is 1.80 bits per heavy atom. The van der Waals surface area contributed by atoms with Gasteiger partial charge in [-0.25, -0.2) is 14.8 Å². The molecule has 4 amide bonds. The average molecular weight is 982 g/mol. The number of nitrogens with one attached hydrogen (secondary N) is 2. The van der Waals surface area contributed by atoms with Crippen molar-refractivity contribution in [3.63, 3.8) is 0 Å². The molecule has 2 aliphatic rings. The smallest absolute Gasteiger partial charge is 0.255 e. The third kappa shape index (κ3) is 12.1. The summed E-state index contributed by atoms with van der Waals surface area (Å²) in [5.41, 5.74) is 3.13. The highest BCUT2D eigenvalue weighted by molar-refractivity contribution is 7.13. The number of halogens is 1. The van der Waals surface area contributed by atoms with E-state index in [0.29, 0.717) is 30.7 Å². The lowest BCUT2D eigenvalue weighted by Crippen LogP contribution is -2.74. The molecule has 0 radical (unpaired) electrons. The first-order chi connectivity index (χ1) is 33.7. The van der Waals surface area contributed by atoms with E-state index in [1.54, 1.807) is 41.1 Å². The number of aliphatic hydroxyl groups is 1. The Morgan fingerprint density at radius 1 is 1.07 bits per heavy atom. The molecule has 0 spiro atoms. The second kappa shape index (κ2) is 21.8. The molecule has 4 aromatic rings. The molecule has 3 heterocycles. The zero-order valence-corrected chi connectivity index (χ0v) is 42.3. The van der Waals surface area contributed by atoms with Crippen molar-refractivity contribution in [2.24, 2.45) is 16.2 Å². The van der Waals surface area contributed by atoms with E-state index in [1.165, 1.54) is 17.2 Å². The first-order valence-electron chi connectivity index (χ1n) is 24.5. The molecule has 16 heteroatoms. The summed E-state index contributed by atoms with van der Waals surface area (Å²) in [6, 6.07) is 12.7. The summed E-state index contributed by atoms with van der Waals surface area (Å²) < 4.78 is 37.2. The fourth-order valence-corrected chi connectivity index (χ4v) is 10.7. The molecule has 1 saturated heterocycles. The minimum atomic E-state index is -2.78. The first kappa shape index (κ1) is 48.2. The van der Waals surface area contributed by atoms with Crippen LogP contribution in [-0.2, 0) is 19.1 Å². The number of likely N-dealkylation sites (tertiary alicyclic amines) is 1. The summed E-state index contributed by atoms with van der Waals surface area (Å²) >= 11 is 7.81. The van der Waals surface area contributed by atoms with E-state index in [9.17, 15) is 24.3 Å². The molecule has 3 N–H and O–H groups in total. The van der Waals surface area contributed by atoms with E-state index >= 15 is 0 Å². The number of β-amino-alcohol motifs (C(OH)–C–C–N with tert-alkyl or cyclic N) is 1. The number of carbonyl (C=O) groups excluding carboxylic acids is 4. The first-order valence-corrected chi connectivity index (χ1v) is 24.3. The van der Waals surface area contributed by atoms with Crippen molar-refractivity contribution >= 4 is 52.3 Å². The fraction of sp³-hybridized carbons (Fsp3) is 0.491. The highest BCUT2D eigenvalue weighted by atomic mass is 35.5. The third-order valence-corrected chi connectivity index (χ3v) is 14.2. The van der Waals surface area contributed by atoms with Crippen LogP contribution in [0.15, 0.2) is 66.3 Å². The number of nitrogens with zero attached hydrogens (tertiary/aromatic N) is 5. The Hall–Kier alpha value is -5.84. The molecule has 14 nitrogen and oxygen atoms in total. The number of rotatable bonds is 16. The number of pyridine rings is 1. The Labute approximate surface area is 419 Å². The summed E-state index contributed by atoms with van der Waals surface area (Å²) in [6.45, 7) is 21.1. The topological polar surface area (TPSA) is 168 Å². The van der Waals surface area contributed by atoms with Gasteiger partial charge in [-0.1, -0.05) is 96.3 Å². The monoisotopic (exact) mass is 980 g/mol. The molecule has 2 aromatic heterocycles. The van der Waals surface area contributed by atoms with Gasteiger partial charge in [-0.15, -0.1) is 11.3 Å². The van der Waals surface area contributed by atoms with E-state index in [1.807, 2.05) is 86.6 Å². The molecular formula is C53H64ClN7O7S. The van der Waals surface area contributed by atoms with Crippen LogP contribution in [0.2, 0.25) is 5.02 Å². The van der Waals surface area contributed by atoms with Crippen LogP contribution >= 0.6 is 22.9 Å². The minimum absolute atomic E-state index is 0.0427. The van der Waals surface area contributed by atoms with Gasteiger partial charge < -0.3 is 35.0 Å². The van der Waals surface area contributed by atoms with Crippen molar-refractivity contribution < 1.29 is 37.9 Å². The summed E-state index contributed by atoms with van der Waals surface area (Å²) in [7, 11) is 0. The molecule has 0 bridgehead atoms. The summed E-state index contributed by atoms with van der Waals surface area (Å²) in [5, 5.41) is 16.7. The quantitative estimate of drug-likeness (QED) is 0.0566. The maximum absolute atomic E-state index is 14.1. The van der Waals surface area contributed by atoms with Gasteiger partial charge in [0.25, 0.3) is 5.91 Å². The molecule has 6 rings (SSSR count). The van der Waals surface area contributed by atoms with Crippen molar-refractivity contribution in [2.75, 3.05) is 26.7 Å². The van der Waals surface area contributed by atoms with E-state index in [-0.39, 0.29) is 48.5 Å². The van der Waals surface area contributed by atoms with Gasteiger partial charge >= 0.3 is 0 Å². The van der Waals surface area contributed by atoms with E-state index in [0.717, 1.165) is 26.6 Å². The van der Waals surface area contributed by atoms with E-state index < -0.39 is 77.2 Å². The van der Waals surface area contributed by atoms with Crippen LogP contribution in [0, 0.1) is 41.6 Å². The van der Waals surface area contributed by atoms with Crippen molar-refractivity contribution in [3.8, 4) is 28.0 Å². The molecule has 4 atom stereocenters. The predicted octanol–water partition coefficient (Wildman–Crippen LogP) is 8.58. The van der Waals surface area contributed by atoms with Crippen LogP contribution < -0.4 is 15.4 Å². The Balaban J connectivity index is 0.954. The van der Waals surface area contributed by atoms with Gasteiger partial charge in [-0.3, -0.25) is 19.2 Å². The second-order valence-corrected chi connectivity index (χ2v) is 21.3. The van der Waals surface area contributed by atoms with Crippen molar-refractivity contribution in [2.45, 2.75) is 124 Å². The Morgan fingerprint density at radius 3 is 2.41 bits per heavy atom. The van der Waals surface area contributed by atoms with Crippen LogP contribution in [-0.4, -0.2) is 106 Å². The molecule has 1 aliphatic heterocycles. The molecular weight excluding hydrogens is 914 g/mol. The number of ether oxygens (including phenoxy) is 2. The van der Waals surface area contributed by atoms with Gasteiger partial charge in [-0.05, 0) is 73.4 Å². The number of aliphatic hydroxyl groups excluding tert-OH is 1. The SMILES string of the molecule is [2H]C([2H])([2H])N(C(=O)c1ccc(C#CCCCCOCC(=O)N[C@H](C(=O)N2C[C@H](O)C[C@H]2C(=O)N[C@@H](C)c2ccc(-c3scnc3C)cc2)C(C)(C)C)nc1)C1C(C)(C)C(Oc2ccc([N+]#[C-])c(Cl)c2)C1(C)C. The maximum atomic E-state index is 14.1. The summed E-state index contributed by atoms with van der Waals surface area (Å²) in [6.07, 6.45) is 1.73. The van der Waals surface area contributed by atoms with Crippen molar-refractivity contribution in [1.82, 2.24) is 30.4 Å². The number of benzene rings is 2. The molecule has 366 valence electrons. The number of aromatic nitrogens is 2.